The maximum absolute atomic E-state index is 11.6. The number of halogens is 1. The molecular weight excluding hydrogens is 506 g/mol. The summed E-state index contributed by atoms with van der Waals surface area (Å²) in [6.07, 6.45) is 3.77. The number of carbonyl (C=O) groups excluding carboxylic acids is 1. The molecule has 8 heteroatoms. The van der Waals surface area contributed by atoms with Crippen molar-refractivity contribution in [3.63, 3.8) is 0 Å². The quantitative estimate of drug-likeness (QED) is 0.200. The van der Waals surface area contributed by atoms with Crippen LogP contribution >= 0.6 is 22.9 Å². The number of hydrogen-bond donors (Lipinski definition) is 0. The SMILES string of the molecule is Cc1c(COc2cc(OCc3cncc(C#N)c3)c(C=O)cc2Cl)cccc1-c1ccc2ncsc2c1. The summed E-state index contributed by atoms with van der Waals surface area (Å²) < 4.78 is 13.1. The van der Waals surface area contributed by atoms with E-state index < -0.39 is 0 Å². The van der Waals surface area contributed by atoms with Gasteiger partial charge < -0.3 is 9.47 Å². The predicted octanol–water partition coefficient (Wildman–Crippen LogP) is 7.16. The van der Waals surface area contributed by atoms with Crippen molar-refractivity contribution in [3.8, 4) is 28.7 Å². The van der Waals surface area contributed by atoms with Crippen LogP contribution in [0.4, 0.5) is 0 Å². The van der Waals surface area contributed by atoms with Gasteiger partial charge in [-0.15, -0.1) is 11.3 Å². The second kappa shape index (κ2) is 10.8. The molecule has 0 fully saturated rings. The van der Waals surface area contributed by atoms with Crippen molar-refractivity contribution in [2.75, 3.05) is 0 Å². The highest BCUT2D eigenvalue weighted by Crippen LogP contribution is 2.34. The van der Waals surface area contributed by atoms with Crippen LogP contribution in [0.25, 0.3) is 21.3 Å². The van der Waals surface area contributed by atoms with Crippen LogP contribution in [0.3, 0.4) is 0 Å². The number of ether oxygens (including phenoxy) is 2. The van der Waals surface area contributed by atoms with E-state index in [9.17, 15) is 4.79 Å². The van der Waals surface area contributed by atoms with Crippen molar-refractivity contribution >= 4 is 39.4 Å². The highest BCUT2D eigenvalue weighted by molar-refractivity contribution is 7.16. The standard InChI is InChI=1S/C29H20ClN3O3S/c1-18-22(3-2-4-24(18)21-5-6-26-29(9-21)37-17-33-26)16-36-28-10-27(23(14-34)8-25(28)30)35-15-20-7-19(11-31)12-32-13-20/h2-10,12-14,17H,15-16H2,1H3. The van der Waals surface area contributed by atoms with Gasteiger partial charge in [-0.25, -0.2) is 4.98 Å². The summed E-state index contributed by atoms with van der Waals surface area (Å²) in [7, 11) is 0. The number of rotatable bonds is 8. The van der Waals surface area contributed by atoms with Gasteiger partial charge in [0.05, 0.1) is 31.9 Å². The lowest BCUT2D eigenvalue weighted by Crippen LogP contribution is -2.03. The third kappa shape index (κ3) is 5.31. The molecule has 0 saturated carbocycles. The van der Waals surface area contributed by atoms with E-state index in [1.54, 1.807) is 29.7 Å². The molecule has 182 valence electrons. The number of carbonyl (C=O) groups is 1. The lowest BCUT2D eigenvalue weighted by Gasteiger charge is -2.15. The van der Waals surface area contributed by atoms with Crippen LogP contribution in [0.15, 0.2) is 72.5 Å². The molecule has 0 aliphatic heterocycles. The third-order valence-electron chi connectivity index (χ3n) is 5.98. The fourth-order valence-electron chi connectivity index (χ4n) is 4.00. The van der Waals surface area contributed by atoms with E-state index in [2.05, 4.69) is 35.1 Å². The van der Waals surface area contributed by atoms with Gasteiger partial charge in [0.1, 0.15) is 30.8 Å². The van der Waals surface area contributed by atoms with Crippen molar-refractivity contribution in [3.05, 3.63) is 105 Å². The van der Waals surface area contributed by atoms with E-state index in [1.807, 2.05) is 29.8 Å². The second-order valence-corrected chi connectivity index (χ2v) is 9.63. The third-order valence-corrected chi connectivity index (χ3v) is 7.07. The van der Waals surface area contributed by atoms with Gasteiger partial charge in [-0.05, 0) is 53.4 Å². The van der Waals surface area contributed by atoms with Gasteiger partial charge in [-0.2, -0.15) is 5.26 Å². The Bertz CT molecular complexity index is 1660. The second-order valence-electron chi connectivity index (χ2n) is 8.33. The Balaban J connectivity index is 1.36. The molecule has 5 rings (SSSR count). The first-order valence-corrected chi connectivity index (χ1v) is 12.6. The van der Waals surface area contributed by atoms with E-state index in [1.165, 1.54) is 12.3 Å². The van der Waals surface area contributed by atoms with Gasteiger partial charge in [0, 0.05) is 24.0 Å². The molecule has 0 bridgehead atoms. The number of pyridine rings is 1. The summed E-state index contributed by atoms with van der Waals surface area (Å²) in [5, 5.41) is 9.39. The number of aldehydes is 1. The van der Waals surface area contributed by atoms with Crippen molar-refractivity contribution in [1.82, 2.24) is 9.97 Å². The van der Waals surface area contributed by atoms with Crippen LogP contribution in [0.2, 0.25) is 5.02 Å². The maximum atomic E-state index is 11.6. The first kappa shape index (κ1) is 24.4. The normalized spacial score (nSPS) is 10.7. The molecule has 0 aliphatic rings. The highest BCUT2D eigenvalue weighted by atomic mass is 35.5. The maximum Gasteiger partial charge on any atom is 0.153 e. The van der Waals surface area contributed by atoms with Crippen molar-refractivity contribution in [1.29, 1.82) is 5.26 Å². The minimum Gasteiger partial charge on any atom is -0.488 e. The van der Waals surface area contributed by atoms with Gasteiger partial charge in [-0.3, -0.25) is 9.78 Å². The molecule has 0 unspecified atom stereocenters. The molecule has 2 heterocycles. The van der Waals surface area contributed by atoms with E-state index in [4.69, 9.17) is 26.3 Å². The Kier molecular flexibility index (Phi) is 7.13. The molecule has 0 aliphatic carbocycles. The number of thiazole rings is 1. The van der Waals surface area contributed by atoms with E-state index in [0.29, 0.717) is 39.5 Å². The summed E-state index contributed by atoms with van der Waals surface area (Å²) in [6, 6.07) is 19.3. The minimum absolute atomic E-state index is 0.135. The van der Waals surface area contributed by atoms with Crippen LogP contribution in [-0.2, 0) is 13.2 Å². The molecular formula is C29H20ClN3O3S. The first-order chi connectivity index (χ1) is 18.1. The zero-order chi connectivity index (χ0) is 25.8. The molecule has 2 aromatic heterocycles. The zero-order valence-electron chi connectivity index (χ0n) is 19.8. The molecule has 3 aromatic carbocycles. The van der Waals surface area contributed by atoms with Gasteiger partial charge >= 0.3 is 0 Å². The lowest BCUT2D eigenvalue weighted by atomic mass is 9.96. The minimum atomic E-state index is 0.135. The summed E-state index contributed by atoms with van der Waals surface area (Å²) in [5.74, 6) is 0.738. The van der Waals surface area contributed by atoms with Crippen molar-refractivity contribution < 1.29 is 14.3 Å². The van der Waals surface area contributed by atoms with Gasteiger partial charge in [0.2, 0.25) is 0 Å². The Morgan fingerprint density at radius 3 is 2.76 bits per heavy atom. The monoisotopic (exact) mass is 525 g/mol. The van der Waals surface area contributed by atoms with Crippen LogP contribution in [0.5, 0.6) is 11.5 Å². The molecule has 0 radical (unpaired) electrons. The zero-order valence-corrected chi connectivity index (χ0v) is 21.3. The van der Waals surface area contributed by atoms with Gasteiger partial charge in [0.25, 0.3) is 0 Å². The van der Waals surface area contributed by atoms with Crippen LogP contribution in [-0.4, -0.2) is 16.3 Å². The van der Waals surface area contributed by atoms with E-state index >= 15 is 0 Å². The van der Waals surface area contributed by atoms with Crippen molar-refractivity contribution in [2.45, 2.75) is 20.1 Å². The molecule has 0 N–H and O–H groups in total. The Morgan fingerprint density at radius 2 is 1.92 bits per heavy atom. The highest BCUT2D eigenvalue weighted by Gasteiger charge is 2.14. The molecule has 6 nitrogen and oxygen atoms in total. The Labute approximate surface area is 222 Å². The predicted molar refractivity (Wildman–Crippen MR) is 144 cm³/mol. The van der Waals surface area contributed by atoms with E-state index in [-0.39, 0.29) is 13.2 Å². The molecule has 5 aromatic rings. The molecule has 0 amide bonds. The number of nitrogens with zero attached hydrogens (tertiary/aromatic N) is 3. The summed E-state index contributed by atoms with van der Waals surface area (Å²) in [6.45, 7) is 2.49. The van der Waals surface area contributed by atoms with Crippen LogP contribution < -0.4 is 9.47 Å². The Hall–Kier alpha value is -4.25. The smallest absolute Gasteiger partial charge is 0.153 e. The van der Waals surface area contributed by atoms with Crippen molar-refractivity contribution in [2.24, 2.45) is 0 Å². The van der Waals surface area contributed by atoms with Gasteiger partial charge in [0.15, 0.2) is 6.29 Å². The lowest BCUT2D eigenvalue weighted by molar-refractivity contribution is 0.111. The van der Waals surface area contributed by atoms with Crippen LogP contribution in [0, 0.1) is 18.3 Å². The van der Waals surface area contributed by atoms with Crippen LogP contribution in [0.1, 0.15) is 32.6 Å². The number of benzene rings is 3. The topological polar surface area (TPSA) is 85.1 Å². The summed E-state index contributed by atoms with van der Waals surface area (Å²) in [5.41, 5.74) is 8.64. The fourth-order valence-corrected chi connectivity index (χ4v) is 4.94. The molecule has 37 heavy (non-hydrogen) atoms. The first-order valence-electron chi connectivity index (χ1n) is 11.4. The summed E-state index contributed by atoms with van der Waals surface area (Å²) in [4.78, 5) is 20.0. The molecule has 0 atom stereocenters. The number of fused-ring (bicyclic) bond motifs is 1. The number of hydrogen-bond acceptors (Lipinski definition) is 7. The average Bonchev–Trinajstić information content (AvgIpc) is 3.40. The molecule has 0 saturated heterocycles. The average molecular weight is 526 g/mol. The number of aromatic nitrogens is 2. The largest absolute Gasteiger partial charge is 0.488 e. The summed E-state index contributed by atoms with van der Waals surface area (Å²) >= 11 is 8.04. The number of nitriles is 1. The van der Waals surface area contributed by atoms with E-state index in [0.717, 1.165) is 32.5 Å². The molecule has 0 spiro atoms. The fraction of sp³-hybridized carbons (Fsp3) is 0.103. The Morgan fingerprint density at radius 1 is 1.05 bits per heavy atom. The van der Waals surface area contributed by atoms with Gasteiger partial charge in [-0.1, -0.05) is 35.9 Å².